The van der Waals surface area contributed by atoms with Crippen LogP contribution in [0.25, 0.3) is 0 Å². The van der Waals surface area contributed by atoms with Gasteiger partial charge in [-0.15, -0.1) is 0 Å². The van der Waals surface area contributed by atoms with Gasteiger partial charge in [-0.3, -0.25) is 14.9 Å². The fourth-order valence-corrected chi connectivity index (χ4v) is 2.59. The second kappa shape index (κ2) is 9.97. The van der Waals surface area contributed by atoms with Crippen molar-refractivity contribution in [1.29, 1.82) is 0 Å². The molecule has 0 saturated heterocycles. The first-order valence-corrected chi connectivity index (χ1v) is 9.10. The van der Waals surface area contributed by atoms with Crippen LogP contribution >= 0.6 is 0 Å². The number of amides is 1. The number of rotatable bonds is 8. The Kier molecular flexibility index (Phi) is 6.89. The lowest BCUT2D eigenvalue weighted by Gasteiger charge is -2.12. The van der Waals surface area contributed by atoms with Gasteiger partial charge in [0.15, 0.2) is 6.61 Å². The lowest BCUT2D eigenvalue weighted by molar-refractivity contribution is -0.384. The molecule has 1 amide bonds. The molecular formula is C22H17FN2O6. The van der Waals surface area contributed by atoms with E-state index in [0.29, 0.717) is 5.56 Å². The van der Waals surface area contributed by atoms with Crippen molar-refractivity contribution >= 4 is 23.3 Å². The van der Waals surface area contributed by atoms with E-state index in [2.05, 4.69) is 5.32 Å². The fraction of sp³-hybridized carbons (Fsp3) is 0.0909. The summed E-state index contributed by atoms with van der Waals surface area (Å²) in [5.74, 6) is -1.74. The molecule has 1 N–H and O–H groups in total. The number of hydrogen-bond donors (Lipinski definition) is 1. The van der Waals surface area contributed by atoms with Gasteiger partial charge in [-0.1, -0.05) is 24.3 Å². The molecule has 0 saturated carbocycles. The van der Waals surface area contributed by atoms with Crippen LogP contribution in [0.4, 0.5) is 15.8 Å². The molecule has 0 aliphatic heterocycles. The second-order valence-corrected chi connectivity index (χ2v) is 6.31. The zero-order chi connectivity index (χ0) is 22.2. The lowest BCUT2D eigenvalue weighted by Crippen LogP contribution is -2.21. The summed E-state index contributed by atoms with van der Waals surface area (Å²) in [6, 6.07) is 17.5. The Morgan fingerprint density at radius 1 is 0.968 bits per heavy atom. The number of carbonyl (C=O) groups excluding carboxylic acids is 2. The topological polar surface area (TPSA) is 108 Å². The monoisotopic (exact) mass is 424 g/mol. The smallest absolute Gasteiger partial charge is 0.342 e. The molecule has 3 rings (SSSR count). The number of nitrogens with zero attached hydrogens (tertiary/aromatic N) is 1. The molecular weight excluding hydrogens is 407 g/mol. The first kappa shape index (κ1) is 21.4. The minimum atomic E-state index is -0.691. The molecule has 9 heteroatoms. The summed E-state index contributed by atoms with van der Waals surface area (Å²) < 4.78 is 24.3. The second-order valence-electron chi connectivity index (χ2n) is 6.31. The Morgan fingerprint density at radius 2 is 1.65 bits per heavy atom. The van der Waals surface area contributed by atoms with Crippen LogP contribution in [0.5, 0.6) is 5.75 Å². The number of nitro groups is 1. The summed E-state index contributed by atoms with van der Waals surface area (Å²) in [6.07, 6.45) is 0. The number of para-hydroxylation sites is 2. The van der Waals surface area contributed by atoms with E-state index in [1.165, 1.54) is 54.6 Å². The SMILES string of the molecule is O=C(COc1ccccc1C(=O)OCc1ccc([N+](=O)[O-])cc1)Nc1ccccc1F. The Hall–Kier alpha value is -4.27. The van der Waals surface area contributed by atoms with Crippen LogP contribution in [-0.2, 0) is 16.1 Å². The summed E-state index contributed by atoms with van der Waals surface area (Å²) in [7, 11) is 0. The van der Waals surface area contributed by atoms with Crippen molar-refractivity contribution in [3.63, 3.8) is 0 Å². The normalized spacial score (nSPS) is 10.2. The van der Waals surface area contributed by atoms with Crippen molar-refractivity contribution < 1.29 is 28.4 Å². The lowest BCUT2D eigenvalue weighted by atomic mass is 10.2. The van der Waals surface area contributed by atoms with Crippen LogP contribution in [0.1, 0.15) is 15.9 Å². The van der Waals surface area contributed by atoms with E-state index < -0.39 is 29.2 Å². The number of benzene rings is 3. The molecule has 158 valence electrons. The van der Waals surface area contributed by atoms with E-state index >= 15 is 0 Å². The van der Waals surface area contributed by atoms with Gasteiger partial charge in [-0.25, -0.2) is 9.18 Å². The van der Waals surface area contributed by atoms with Crippen molar-refractivity contribution in [2.75, 3.05) is 11.9 Å². The Morgan fingerprint density at radius 3 is 2.35 bits per heavy atom. The van der Waals surface area contributed by atoms with Crippen molar-refractivity contribution in [2.24, 2.45) is 0 Å². The summed E-state index contributed by atoms with van der Waals surface area (Å²) in [6.45, 7) is -0.542. The Balaban J connectivity index is 1.58. The van der Waals surface area contributed by atoms with Crippen LogP contribution in [0, 0.1) is 15.9 Å². The van der Waals surface area contributed by atoms with Crippen molar-refractivity contribution in [1.82, 2.24) is 0 Å². The van der Waals surface area contributed by atoms with E-state index in [4.69, 9.17) is 9.47 Å². The van der Waals surface area contributed by atoms with Gasteiger partial charge in [0.25, 0.3) is 11.6 Å². The molecule has 0 heterocycles. The number of ether oxygens (including phenoxy) is 2. The fourth-order valence-electron chi connectivity index (χ4n) is 2.59. The predicted octanol–water partition coefficient (Wildman–Crippen LogP) is 4.11. The largest absolute Gasteiger partial charge is 0.483 e. The van der Waals surface area contributed by atoms with Crippen molar-refractivity contribution in [3.8, 4) is 5.75 Å². The quantitative estimate of drug-likeness (QED) is 0.331. The van der Waals surface area contributed by atoms with Gasteiger partial charge < -0.3 is 14.8 Å². The predicted molar refractivity (Wildman–Crippen MR) is 109 cm³/mol. The van der Waals surface area contributed by atoms with Gasteiger partial charge in [-0.2, -0.15) is 0 Å². The van der Waals surface area contributed by atoms with E-state index in [0.717, 1.165) is 0 Å². The zero-order valence-electron chi connectivity index (χ0n) is 16.1. The van der Waals surface area contributed by atoms with E-state index in [1.807, 2.05) is 0 Å². The number of halogens is 1. The standard InChI is InChI=1S/C22H17FN2O6/c23-18-6-2-3-7-19(18)24-21(26)14-30-20-8-4-1-5-17(20)22(27)31-13-15-9-11-16(12-10-15)25(28)29/h1-12H,13-14H2,(H,24,26). The highest BCUT2D eigenvalue weighted by molar-refractivity contribution is 5.94. The molecule has 0 fully saturated rings. The van der Waals surface area contributed by atoms with Crippen LogP contribution in [-0.4, -0.2) is 23.4 Å². The number of carbonyl (C=O) groups is 2. The number of non-ortho nitro benzene ring substituents is 1. The van der Waals surface area contributed by atoms with Gasteiger partial charge >= 0.3 is 5.97 Å². The molecule has 0 bridgehead atoms. The number of esters is 1. The highest BCUT2D eigenvalue weighted by atomic mass is 19.1. The third kappa shape index (κ3) is 5.86. The van der Waals surface area contributed by atoms with E-state index in [1.54, 1.807) is 18.2 Å². The zero-order valence-corrected chi connectivity index (χ0v) is 16.1. The van der Waals surface area contributed by atoms with E-state index in [-0.39, 0.29) is 29.3 Å². The Labute approximate surface area is 176 Å². The molecule has 0 radical (unpaired) electrons. The minimum absolute atomic E-state index is 0.0203. The molecule has 0 aromatic heterocycles. The van der Waals surface area contributed by atoms with Crippen LogP contribution < -0.4 is 10.1 Å². The molecule has 3 aromatic rings. The van der Waals surface area contributed by atoms with E-state index in [9.17, 15) is 24.1 Å². The van der Waals surface area contributed by atoms with Crippen LogP contribution in [0.3, 0.4) is 0 Å². The number of anilines is 1. The molecule has 0 aliphatic carbocycles. The first-order chi connectivity index (χ1) is 14.9. The summed E-state index contributed by atoms with van der Waals surface area (Å²) in [5.41, 5.74) is 0.624. The van der Waals surface area contributed by atoms with Crippen LogP contribution in [0.15, 0.2) is 72.8 Å². The maximum absolute atomic E-state index is 13.6. The van der Waals surface area contributed by atoms with Gasteiger partial charge in [0.05, 0.1) is 10.6 Å². The molecule has 0 atom stereocenters. The Bertz CT molecular complexity index is 1100. The molecule has 0 aliphatic rings. The maximum atomic E-state index is 13.6. The third-order valence-electron chi connectivity index (χ3n) is 4.13. The molecule has 31 heavy (non-hydrogen) atoms. The molecule has 0 unspecified atom stereocenters. The van der Waals surface area contributed by atoms with Gasteiger partial charge in [0, 0.05) is 12.1 Å². The van der Waals surface area contributed by atoms with Gasteiger partial charge in [0.1, 0.15) is 23.7 Å². The highest BCUT2D eigenvalue weighted by Gasteiger charge is 2.16. The average Bonchev–Trinajstić information content (AvgIpc) is 2.78. The molecule has 8 nitrogen and oxygen atoms in total. The molecule has 0 spiro atoms. The third-order valence-corrected chi connectivity index (χ3v) is 4.13. The van der Waals surface area contributed by atoms with Crippen molar-refractivity contribution in [3.05, 3.63) is 99.9 Å². The maximum Gasteiger partial charge on any atom is 0.342 e. The first-order valence-electron chi connectivity index (χ1n) is 9.10. The van der Waals surface area contributed by atoms with Gasteiger partial charge in [0.2, 0.25) is 0 Å². The summed E-state index contributed by atoms with van der Waals surface area (Å²) >= 11 is 0. The number of nitro benzene ring substituents is 1. The number of nitrogens with one attached hydrogen (secondary N) is 1. The summed E-state index contributed by atoms with van der Waals surface area (Å²) in [5, 5.41) is 13.1. The van der Waals surface area contributed by atoms with Crippen molar-refractivity contribution in [2.45, 2.75) is 6.61 Å². The summed E-state index contributed by atoms with van der Waals surface area (Å²) in [4.78, 5) is 34.6. The highest BCUT2D eigenvalue weighted by Crippen LogP contribution is 2.20. The molecule has 3 aromatic carbocycles. The van der Waals surface area contributed by atoms with Gasteiger partial charge in [-0.05, 0) is 42.0 Å². The number of hydrogen-bond acceptors (Lipinski definition) is 6. The average molecular weight is 424 g/mol. The van der Waals surface area contributed by atoms with Crippen LogP contribution in [0.2, 0.25) is 0 Å². The minimum Gasteiger partial charge on any atom is -0.483 e.